The molecule has 0 radical (unpaired) electrons. The predicted octanol–water partition coefficient (Wildman–Crippen LogP) is 2.88. The number of primary amides is 1. The van der Waals surface area contributed by atoms with Gasteiger partial charge in [0, 0.05) is 29.6 Å². The van der Waals surface area contributed by atoms with Crippen molar-refractivity contribution in [2.75, 3.05) is 25.2 Å². The molecular formula is C22H21N3O5S. The van der Waals surface area contributed by atoms with E-state index in [1.807, 2.05) is 18.2 Å². The molecule has 0 bridgehead atoms. The number of esters is 1. The number of carbonyl (C=O) groups is 3. The normalized spacial score (nSPS) is 10.4. The predicted molar refractivity (Wildman–Crippen MR) is 117 cm³/mol. The average molecular weight is 439 g/mol. The van der Waals surface area contributed by atoms with E-state index >= 15 is 0 Å². The SMILES string of the molecule is COc1ccc(-c2nc(C(=O)OCC(=O)N(CCC(N)=O)c3ccccc3)cs2)cc1. The van der Waals surface area contributed by atoms with Gasteiger partial charge >= 0.3 is 5.97 Å². The van der Waals surface area contributed by atoms with Crippen LogP contribution in [0.4, 0.5) is 5.69 Å². The Morgan fingerprint density at radius 2 is 1.77 bits per heavy atom. The van der Waals surface area contributed by atoms with Crippen LogP contribution in [0.5, 0.6) is 5.75 Å². The molecule has 0 aliphatic carbocycles. The summed E-state index contributed by atoms with van der Waals surface area (Å²) in [4.78, 5) is 41.8. The minimum Gasteiger partial charge on any atom is -0.497 e. The van der Waals surface area contributed by atoms with Crippen LogP contribution in [0.25, 0.3) is 10.6 Å². The largest absolute Gasteiger partial charge is 0.497 e. The first-order valence-electron chi connectivity index (χ1n) is 9.38. The second-order valence-electron chi connectivity index (χ2n) is 6.44. The number of hydrogen-bond acceptors (Lipinski definition) is 7. The molecule has 0 saturated heterocycles. The van der Waals surface area contributed by atoms with Gasteiger partial charge in [-0.1, -0.05) is 18.2 Å². The van der Waals surface area contributed by atoms with E-state index in [4.69, 9.17) is 15.2 Å². The molecule has 0 saturated carbocycles. The van der Waals surface area contributed by atoms with Crippen LogP contribution in [-0.2, 0) is 14.3 Å². The van der Waals surface area contributed by atoms with Crippen molar-refractivity contribution in [1.82, 2.24) is 4.98 Å². The molecule has 0 spiro atoms. The number of methoxy groups -OCH3 is 1. The summed E-state index contributed by atoms with van der Waals surface area (Å²) in [7, 11) is 1.58. The van der Waals surface area contributed by atoms with Gasteiger partial charge in [0.25, 0.3) is 5.91 Å². The first kappa shape index (κ1) is 22.0. The number of para-hydroxylation sites is 1. The lowest BCUT2D eigenvalue weighted by molar-refractivity contribution is -0.121. The van der Waals surface area contributed by atoms with Gasteiger partial charge in [0.2, 0.25) is 5.91 Å². The Bertz CT molecular complexity index is 1050. The molecule has 1 aromatic heterocycles. The second kappa shape index (κ2) is 10.4. The number of aromatic nitrogens is 1. The maximum absolute atomic E-state index is 12.6. The number of amides is 2. The lowest BCUT2D eigenvalue weighted by Crippen LogP contribution is -2.37. The molecular weight excluding hydrogens is 418 g/mol. The zero-order valence-corrected chi connectivity index (χ0v) is 17.6. The number of hydrogen-bond donors (Lipinski definition) is 1. The maximum Gasteiger partial charge on any atom is 0.358 e. The Labute approximate surface area is 183 Å². The molecule has 3 aromatic rings. The van der Waals surface area contributed by atoms with Crippen LogP contribution in [0, 0.1) is 0 Å². The van der Waals surface area contributed by atoms with Gasteiger partial charge in [0.1, 0.15) is 10.8 Å². The van der Waals surface area contributed by atoms with Crippen molar-refractivity contribution in [2.45, 2.75) is 6.42 Å². The molecule has 0 aliphatic heterocycles. The van der Waals surface area contributed by atoms with Gasteiger partial charge in [0.15, 0.2) is 12.3 Å². The van der Waals surface area contributed by atoms with Gasteiger partial charge in [-0.2, -0.15) is 0 Å². The Morgan fingerprint density at radius 1 is 1.06 bits per heavy atom. The number of rotatable bonds is 9. The molecule has 0 aliphatic rings. The topological polar surface area (TPSA) is 112 Å². The Balaban J connectivity index is 1.63. The highest BCUT2D eigenvalue weighted by Crippen LogP contribution is 2.26. The highest BCUT2D eigenvalue weighted by atomic mass is 32.1. The summed E-state index contributed by atoms with van der Waals surface area (Å²) in [6, 6.07) is 16.1. The average Bonchev–Trinajstić information content (AvgIpc) is 3.28. The summed E-state index contributed by atoms with van der Waals surface area (Å²) in [5.41, 5.74) is 6.74. The third-order valence-corrected chi connectivity index (χ3v) is 5.22. The number of ether oxygens (including phenoxy) is 2. The summed E-state index contributed by atoms with van der Waals surface area (Å²) in [6.45, 7) is -0.393. The molecule has 0 atom stereocenters. The number of thiazole rings is 1. The van der Waals surface area contributed by atoms with E-state index in [1.54, 1.807) is 48.9 Å². The lowest BCUT2D eigenvalue weighted by Gasteiger charge is -2.22. The van der Waals surface area contributed by atoms with Crippen LogP contribution < -0.4 is 15.4 Å². The highest BCUT2D eigenvalue weighted by Gasteiger charge is 2.20. The van der Waals surface area contributed by atoms with Crippen molar-refractivity contribution in [1.29, 1.82) is 0 Å². The van der Waals surface area contributed by atoms with Crippen molar-refractivity contribution in [3.8, 4) is 16.3 Å². The van der Waals surface area contributed by atoms with Crippen molar-refractivity contribution in [3.05, 3.63) is 65.7 Å². The number of benzene rings is 2. The van der Waals surface area contributed by atoms with E-state index in [0.717, 1.165) is 11.3 Å². The summed E-state index contributed by atoms with van der Waals surface area (Å²) >= 11 is 1.29. The third kappa shape index (κ3) is 5.89. The zero-order valence-electron chi connectivity index (χ0n) is 16.8. The quantitative estimate of drug-likeness (QED) is 0.513. The first-order valence-corrected chi connectivity index (χ1v) is 10.3. The standard InChI is InChI=1S/C22H21N3O5S/c1-29-17-9-7-15(8-10-17)21-24-18(14-31-21)22(28)30-13-20(27)25(12-11-19(23)26)16-5-3-2-4-6-16/h2-10,14H,11-13H2,1H3,(H2,23,26). The molecule has 2 aromatic carbocycles. The fourth-order valence-electron chi connectivity index (χ4n) is 2.74. The number of carbonyl (C=O) groups excluding carboxylic acids is 3. The monoisotopic (exact) mass is 439 g/mol. The van der Waals surface area contributed by atoms with Crippen molar-refractivity contribution in [3.63, 3.8) is 0 Å². The van der Waals surface area contributed by atoms with Gasteiger partial charge in [-0.15, -0.1) is 11.3 Å². The molecule has 3 rings (SSSR count). The molecule has 2 N–H and O–H groups in total. The third-order valence-electron chi connectivity index (χ3n) is 4.33. The fourth-order valence-corrected chi connectivity index (χ4v) is 3.54. The van der Waals surface area contributed by atoms with Crippen LogP contribution in [0.3, 0.4) is 0 Å². The maximum atomic E-state index is 12.6. The smallest absolute Gasteiger partial charge is 0.358 e. The van der Waals surface area contributed by atoms with E-state index in [1.165, 1.54) is 16.2 Å². The van der Waals surface area contributed by atoms with Gasteiger partial charge in [-0.3, -0.25) is 9.59 Å². The molecule has 0 unspecified atom stereocenters. The van der Waals surface area contributed by atoms with Crippen molar-refractivity contribution < 1.29 is 23.9 Å². The zero-order chi connectivity index (χ0) is 22.2. The second-order valence-corrected chi connectivity index (χ2v) is 7.30. The number of nitrogens with zero attached hydrogens (tertiary/aromatic N) is 2. The summed E-state index contributed by atoms with van der Waals surface area (Å²) < 4.78 is 10.3. The van der Waals surface area contributed by atoms with E-state index < -0.39 is 24.4 Å². The molecule has 2 amide bonds. The Hall–Kier alpha value is -3.72. The number of nitrogens with two attached hydrogens (primary N) is 1. The van der Waals surface area contributed by atoms with E-state index in [0.29, 0.717) is 10.7 Å². The molecule has 9 heteroatoms. The summed E-state index contributed by atoms with van der Waals surface area (Å²) in [5, 5.41) is 2.22. The van der Waals surface area contributed by atoms with E-state index in [-0.39, 0.29) is 18.7 Å². The molecule has 31 heavy (non-hydrogen) atoms. The summed E-state index contributed by atoms with van der Waals surface area (Å²) in [5.74, 6) is -0.976. The minimum atomic E-state index is -0.702. The van der Waals surface area contributed by atoms with Crippen LogP contribution in [-0.4, -0.2) is 43.0 Å². The van der Waals surface area contributed by atoms with Crippen LogP contribution in [0.2, 0.25) is 0 Å². The molecule has 1 heterocycles. The van der Waals surface area contributed by atoms with Crippen LogP contribution in [0.15, 0.2) is 60.0 Å². The van der Waals surface area contributed by atoms with Gasteiger partial charge in [-0.25, -0.2) is 9.78 Å². The van der Waals surface area contributed by atoms with E-state index in [9.17, 15) is 14.4 Å². The highest BCUT2D eigenvalue weighted by molar-refractivity contribution is 7.13. The van der Waals surface area contributed by atoms with Crippen molar-refractivity contribution >= 4 is 34.8 Å². The summed E-state index contributed by atoms with van der Waals surface area (Å²) in [6.07, 6.45) is -0.00805. The van der Waals surface area contributed by atoms with Crippen LogP contribution >= 0.6 is 11.3 Å². The van der Waals surface area contributed by atoms with Gasteiger partial charge in [-0.05, 0) is 36.4 Å². The van der Waals surface area contributed by atoms with Gasteiger partial charge in [0.05, 0.1) is 7.11 Å². The lowest BCUT2D eigenvalue weighted by atomic mass is 10.2. The fraction of sp³-hybridized carbons (Fsp3) is 0.182. The molecule has 8 nitrogen and oxygen atoms in total. The van der Waals surface area contributed by atoms with Crippen molar-refractivity contribution in [2.24, 2.45) is 5.73 Å². The van der Waals surface area contributed by atoms with Crippen LogP contribution in [0.1, 0.15) is 16.9 Å². The minimum absolute atomic E-state index is 0.00805. The van der Waals surface area contributed by atoms with E-state index in [2.05, 4.69) is 4.98 Å². The first-order chi connectivity index (χ1) is 15.0. The molecule has 0 fully saturated rings. The number of anilines is 1. The Morgan fingerprint density at radius 3 is 2.42 bits per heavy atom. The Kier molecular flexibility index (Phi) is 7.34. The van der Waals surface area contributed by atoms with Gasteiger partial charge < -0.3 is 20.1 Å². The molecule has 160 valence electrons.